The average molecular weight is 294 g/mol. The molecule has 0 saturated carbocycles. The van der Waals surface area contributed by atoms with Crippen molar-refractivity contribution >= 4 is 23.2 Å². The number of hydrogen-bond donors (Lipinski definition) is 3. The molecule has 20 heavy (non-hydrogen) atoms. The summed E-state index contributed by atoms with van der Waals surface area (Å²) in [5, 5.41) is 12.9. The van der Waals surface area contributed by atoms with E-state index in [1.165, 1.54) is 11.3 Å². The minimum absolute atomic E-state index is 0.0143. The summed E-state index contributed by atoms with van der Waals surface area (Å²) in [4.78, 5) is 24.0. The molecule has 0 spiro atoms. The summed E-state index contributed by atoms with van der Waals surface area (Å²) in [6.07, 6.45) is 0.399. The first kappa shape index (κ1) is 16.2. The van der Waals surface area contributed by atoms with E-state index in [1.807, 2.05) is 13.8 Å². The summed E-state index contributed by atoms with van der Waals surface area (Å²) in [7, 11) is 0. The van der Waals surface area contributed by atoms with Crippen LogP contribution in [0.1, 0.15) is 35.5 Å². The largest absolute Gasteiger partial charge is 0.395 e. The van der Waals surface area contributed by atoms with Gasteiger partial charge in [-0.15, -0.1) is 11.3 Å². The second-order valence-corrected chi connectivity index (χ2v) is 5.48. The summed E-state index contributed by atoms with van der Waals surface area (Å²) >= 11 is 1.34. The molecule has 0 aliphatic heterocycles. The molecule has 2 amide bonds. The Morgan fingerprint density at radius 1 is 1.50 bits per heavy atom. The first-order chi connectivity index (χ1) is 9.45. The van der Waals surface area contributed by atoms with Crippen molar-refractivity contribution in [3.05, 3.63) is 21.9 Å². The molecule has 0 aliphatic rings. The maximum atomic E-state index is 12.0. The van der Waals surface area contributed by atoms with Crippen molar-refractivity contribution in [2.75, 3.05) is 6.61 Å². The number of amides is 2. The van der Waals surface area contributed by atoms with E-state index in [0.717, 1.165) is 4.88 Å². The zero-order valence-electron chi connectivity index (χ0n) is 11.5. The van der Waals surface area contributed by atoms with Gasteiger partial charge in [-0.3, -0.25) is 9.59 Å². The van der Waals surface area contributed by atoms with Crippen LogP contribution in [0.3, 0.4) is 0 Å². The fraction of sp³-hybridized carbons (Fsp3) is 0.429. The predicted octanol–water partition coefficient (Wildman–Crippen LogP) is 0.722. The summed E-state index contributed by atoms with van der Waals surface area (Å²) in [6.45, 7) is 3.64. The highest BCUT2D eigenvalue weighted by Crippen LogP contribution is 2.14. The number of carbonyl (C=O) groups excluding carboxylic acids is 2. The van der Waals surface area contributed by atoms with Crippen LogP contribution in [-0.4, -0.2) is 29.6 Å². The van der Waals surface area contributed by atoms with Crippen molar-refractivity contribution in [1.82, 2.24) is 5.32 Å². The van der Waals surface area contributed by atoms with Gasteiger partial charge >= 0.3 is 0 Å². The molecule has 1 atom stereocenters. The molecule has 1 heterocycles. The van der Waals surface area contributed by atoms with Crippen LogP contribution in [-0.2, 0) is 4.79 Å². The molecule has 1 aromatic heterocycles. The Kier molecular flexibility index (Phi) is 6.22. The zero-order chi connectivity index (χ0) is 15.1. The van der Waals surface area contributed by atoms with Gasteiger partial charge in [0.15, 0.2) is 0 Å². The smallest absolute Gasteiger partial charge is 0.252 e. The van der Waals surface area contributed by atoms with Gasteiger partial charge in [-0.05, 0) is 12.0 Å². The van der Waals surface area contributed by atoms with E-state index in [1.54, 1.807) is 11.4 Å². The number of rotatable bonds is 5. The number of nitrogens with two attached hydrogens (primary N) is 1. The van der Waals surface area contributed by atoms with Crippen LogP contribution in [0.5, 0.6) is 0 Å². The van der Waals surface area contributed by atoms with Crippen LogP contribution in [0.2, 0.25) is 0 Å². The molecular weight excluding hydrogens is 276 g/mol. The number of thiophene rings is 1. The van der Waals surface area contributed by atoms with E-state index in [0.29, 0.717) is 12.0 Å². The fourth-order valence-electron chi connectivity index (χ4n) is 1.52. The number of primary amides is 1. The Balaban J connectivity index is 2.74. The minimum Gasteiger partial charge on any atom is -0.395 e. The van der Waals surface area contributed by atoms with Crippen LogP contribution < -0.4 is 11.1 Å². The lowest BCUT2D eigenvalue weighted by Gasteiger charge is -2.18. The van der Waals surface area contributed by atoms with Crippen molar-refractivity contribution in [3.8, 4) is 11.8 Å². The molecule has 0 saturated heterocycles. The SMILES string of the molecule is CC(C)C(NC(=O)c1csc(C#CCCO)c1)C(N)=O. The Labute approximate surface area is 122 Å². The van der Waals surface area contributed by atoms with Gasteiger partial charge in [0.25, 0.3) is 5.91 Å². The molecule has 6 heteroatoms. The van der Waals surface area contributed by atoms with E-state index >= 15 is 0 Å². The lowest BCUT2D eigenvalue weighted by Crippen LogP contribution is -2.47. The van der Waals surface area contributed by atoms with Crippen molar-refractivity contribution in [2.24, 2.45) is 11.7 Å². The van der Waals surface area contributed by atoms with E-state index in [4.69, 9.17) is 10.8 Å². The number of aliphatic hydroxyl groups is 1. The summed E-state index contributed by atoms with van der Waals surface area (Å²) in [6, 6.07) is 0.967. The lowest BCUT2D eigenvalue weighted by molar-refractivity contribution is -0.120. The third-order valence-corrected chi connectivity index (χ3v) is 3.42. The Bertz CT molecular complexity index is 540. The molecule has 1 rings (SSSR count). The minimum atomic E-state index is -0.689. The maximum absolute atomic E-state index is 12.0. The van der Waals surface area contributed by atoms with Crippen molar-refractivity contribution in [3.63, 3.8) is 0 Å². The molecule has 1 aromatic rings. The highest BCUT2D eigenvalue weighted by Gasteiger charge is 2.22. The average Bonchev–Trinajstić information content (AvgIpc) is 2.84. The third kappa shape index (κ3) is 4.68. The van der Waals surface area contributed by atoms with E-state index in [-0.39, 0.29) is 18.4 Å². The molecule has 0 radical (unpaired) electrons. The highest BCUT2D eigenvalue weighted by atomic mass is 32.1. The number of nitrogens with one attached hydrogen (secondary N) is 1. The molecule has 4 N–H and O–H groups in total. The normalized spacial score (nSPS) is 11.6. The van der Waals surface area contributed by atoms with Crippen LogP contribution >= 0.6 is 11.3 Å². The second-order valence-electron chi connectivity index (χ2n) is 4.57. The van der Waals surface area contributed by atoms with E-state index in [2.05, 4.69) is 17.2 Å². The van der Waals surface area contributed by atoms with Gasteiger partial charge in [-0.2, -0.15) is 0 Å². The third-order valence-electron chi connectivity index (χ3n) is 2.57. The van der Waals surface area contributed by atoms with Crippen molar-refractivity contribution < 1.29 is 14.7 Å². The molecule has 0 bridgehead atoms. The highest BCUT2D eigenvalue weighted by molar-refractivity contribution is 7.10. The van der Waals surface area contributed by atoms with Gasteiger partial charge in [0.05, 0.1) is 17.0 Å². The molecule has 0 aliphatic carbocycles. The summed E-state index contributed by atoms with van der Waals surface area (Å²) < 4.78 is 0. The van der Waals surface area contributed by atoms with Crippen LogP contribution in [0, 0.1) is 17.8 Å². The standard InChI is InChI=1S/C14H18N2O3S/c1-9(2)12(13(15)18)16-14(19)10-7-11(20-8-10)5-3-4-6-17/h7-9,12,17H,4,6H2,1-2H3,(H2,15,18)(H,16,19). The monoisotopic (exact) mass is 294 g/mol. The number of hydrogen-bond acceptors (Lipinski definition) is 4. The quantitative estimate of drug-likeness (QED) is 0.699. The van der Waals surface area contributed by atoms with Gasteiger partial charge in [-0.1, -0.05) is 25.7 Å². The van der Waals surface area contributed by atoms with Crippen LogP contribution in [0.25, 0.3) is 0 Å². The maximum Gasteiger partial charge on any atom is 0.252 e. The van der Waals surface area contributed by atoms with Crippen molar-refractivity contribution in [2.45, 2.75) is 26.3 Å². The first-order valence-electron chi connectivity index (χ1n) is 6.24. The number of carbonyl (C=O) groups is 2. The Morgan fingerprint density at radius 3 is 2.75 bits per heavy atom. The Morgan fingerprint density at radius 2 is 2.20 bits per heavy atom. The van der Waals surface area contributed by atoms with Crippen molar-refractivity contribution in [1.29, 1.82) is 0 Å². The second kappa shape index (κ2) is 7.68. The summed E-state index contributed by atoms with van der Waals surface area (Å²) in [5.41, 5.74) is 5.71. The lowest BCUT2D eigenvalue weighted by atomic mass is 10.0. The topological polar surface area (TPSA) is 92.4 Å². The molecule has 1 unspecified atom stereocenters. The van der Waals surface area contributed by atoms with Gasteiger partial charge < -0.3 is 16.2 Å². The van der Waals surface area contributed by atoms with Gasteiger partial charge in [-0.25, -0.2) is 0 Å². The molecule has 0 aromatic carbocycles. The van der Waals surface area contributed by atoms with Crippen LogP contribution in [0.15, 0.2) is 11.4 Å². The predicted molar refractivity (Wildman–Crippen MR) is 78.2 cm³/mol. The van der Waals surface area contributed by atoms with Gasteiger partial charge in [0.2, 0.25) is 5.91 Å². The Hall–Kier alpha value is -1.84. The van der Waals surface area contributed by atoms with Gasteiger partial charge in [0.1, 0.15) is 6.04 Å². The molecule has 5 nitrogen and oxygen atoms in total. The summed E-state index contributed by atoms with van der Waals surface area (Å²) in [5.74, 6) is 4.68. The number of aliphatic hydroxyl groups excluding tert-OH is 1. The first-order valence-corrected chi connectivity index (χ1v) is 7.12. The zero-order valence-corrected chi connectivity index (χ0v) is 12.3. The molecule has 0 fully saturated rings. The van der Waals surface area contributed by atoms with E-state index < -0.39 is 11.9 Å². The fourth-order valence-corrected chi connectivity index (χ4v) is 2.27. The molecule has 108 valence electrons. The van der Waals surface area contributed by atoms with Crippen LogP contribution in [0.4, 0.5) is 0 Å². The molecular formula is C14H18N2O3S. The van der Waals surface area contributed by atoms with Gasteiger partial charge in [0, 0.05) is 11.8 Å². The van der Waals surface area contributed by atoms with E-state index in [9.17, 15) is 9.59 Å².